The minimum absolute atomic E-state index is 0.0871. The molecule has 0 radical (unpaired) electrons. The zero-order valence-corrected chi connectivity index (χ0v) is 10.5. The van der Waals surface area contributed by atoms with Gasteiger partial charge in [-0.2, -0.15) is 0 Å². The fourth-order valence-corrected chi connectivity index (χ4v) is 1.58. The smallest absolute Gasteiger partial charge is 0.339 e. The summed E-state index contributed by atoms with van der Waals surface area (Å²) in [6.45, 7) is 3.48. The van der Waals surface area contributed by atoms with Crippen LogP contribution in [0.4, 0.5) is 4.39 Å². The molecule has 1 rings (SSSR count). The third-order valence-electron chi connectivity index (χ3n) is 2.08. The molecule has 5 heteroatoms. The Balaban J connectivity index is 3.04. The summed E-state index contributed by atoms with van der Waals surface area (Å²) in [6.07, 6.45) is -1.59. The molecule has 0 fully saturated rings. The lowest BCUT2D eigenvalue weighted by Gasteiger charge is -2.12. The van der Waals surface area contributed by atoms with E-state index in [1.165, 1.54) is 12.1 Å². The minimum atomic E-state index is -1.59. The summed E-state index contributed by atoms with van der Waals surface area (Å²) in [5.41, 5.74) is 0.605. The lowest BCUT2D eigenvalue weighted by molar-refractivity contribution is -0.153. The number of ether oxygens (including phenoxy) is 1. The maximum atomic E-state index is 13.5. The molecule has 1 aromatic carbocycles. The number of rotatable bonds is 3. The van der Waals surface area contributed by atoms with Crippen LogP contribution in [0.5, 0.6) is 0 Å². The van der Waals surface area contributed by atoms with Crippen LogP contribution >= 0.6 is 15.9 Å². The highest BCUT2D eigenvalue weighted by atomic mass is 79.9. The largest absolute Gasteiger partial charge is 0.464 e. The molecular weight excluding hydrogens is 279 g/mol. The van der Waals surface area contributed by atoms with E-state index >= 15 is 0 Å². The van der Waals surface area contributed by atoms with Gasteiger partial charge in [0.1, 0.15) is 5.82 Å². The highest BCUT2D eigenvalue weighted by Crippen LogP contribution is 2.25. The first-order valence-corrected chi connectivity index (χ1v) is 5.57. The molecule has 0 aliphatic heterocycles. The van der Waals surface area contributed by atoms with Gasteiger partial charge in [0.05, 0.1) is 6.61 Å². The van der Waals surface area contributed by atoms with Crippen molar-refractivity contribution in [3.63, 3.8) is 0 Å². The highest BCUT2D eigenvalue weighted by Gasteiger charge is 2.22. The number of halogens is 2. The first-order chi connectivity index (χ1) is 7.47. The molecule has 0 aliphatic rings. The first-order valence-electron chi connectivity index (χ1n) is 4.77. The Bertz CT molecular complexity index is 406. The van der Waals surface area contributed by atoms with Crippen LogP contribution in [0.1, 0.15) is 24.2 Å². The Hall–Kier alpha value is -0.940. The van der Waals surface area contributed by atoms with Gasteiger partial charge in [-0.3, -0.25) is 0 Å². The number of carbonyl (C=O) groups excluding carboxylic acids is 1. The Kier molecular flexibility index (Phi) is 4.44. The van der Waals surface area contributed by atoms with Crippen molar-refractivity contribution in [2.24, 2.45) is 0 Å². The van der Waals surface area contributed by atoms with Crippen LogP contribution in [0.25, 0.3) is 0 Å². The average Bonchev–Trinajstić information content (AvgIpc) is 2.23. The lowest BCUT2D eigenvalue weighted by atomic mass is 10.1. The Labute approximate surface area is 101 Å². The molecule has 0 heterocycles. The minimum Gasteiger partial charge on any atom is -0.464 e. The van der Waals surface area contributed by atoms with E-state index in [1.807, 2.05) is 0 Å². The van der Waals surface area contributed by atoms with Crippen molar-refractivity contribution in [2.75, 3.05) is 6.61 Å². The predicted molar refractivity (Wildman–Crippen MR) is 60.4 cm³/mol. The van der Waals surface area contributed by atoms with Crippen LogP contribution in [-0.2, 0) is 9.53 Å². The molecule has 0 saturated carbocycles. The van der Waals surface area contributed by atoms with Gasteiger partial charge in [0.25, 0.3) is 0 Å². The molecule has 0 bridgehead atoms. The molecule has 1 unspecified atom stereocenters. The van der Waals surface area contributed by atoms with Gasteiger partial charge in [0.15, 0.2) is 6.10 Å². The molecule has 0 saturated heterocycles. The van der Waals surface area contributed by atoms with Gasteiger partial charge in [0.2, 0.25) is 0 Å². The normalized spacial score (nSPS) is 12.3. The molecule has 0 amide bonds. The number of esters is 1. The summed E-state index contributed by atoms with van der Waals surface area (Å²) < 4.78 is 18.7. The molecule has 1 aromatic rings. The second-order valence-electron chi connectivity index (χ2n) is 3.28. The van der Waals surface area contributed by atoms with Crippen molar-refractivity contribution >= 4 is 21.9 Å². The number of hydrogen-bond acceptors (Lipinski definition) is 3. The maximum Gasteiger partial charge on any atom is 0.339 e. The van der Waals surface area contributed by atoms with Gasteiger partial charge in [-0.25, -0.2) is 9.18 Å². The second-order valence-corrected chi connectivity index (χ2v) is 4.13. The summed E-state index contributed by atoms with van der Waals surface area (Å²) >= 11 is 3.21. The number of aliphatic hydroxyl groups excluding tert-OH is 1. The van der Waals surface area contributed by atoms with E-state index in [4.69, 9.17) is 0 Å². The summed E-state index contributed by atoms with van der Waals surface area (Å²) in [4.78, 5) is 11.2. The van der Waals surface area contributed by atoms with Crippen molar-refractivity contribution in [3.05, 3.63) is 33.5 Å². The molecule has 3 nitrogen and oxygen atoms in total. The molecule has 88 valence electrons. The maximum absolute atomic E-state index is 13.5. The Morgan fingerprint density at radius 1 is 1.62 bits per heavy atom. The molecule has 0 spiro atoms. The third kappa shape index (κ3) is 2.80. The van der Waals surface area contributed by atoms with E-state index in [0.29, 0.717) is 10.0 Å². The zero-order valence-electron chi connectivity index (χ0n) is 8.96. The van der Waals surface area contributed by atoms with E-state index in [-0.39, 0.29) is 12.2 Å². The van der Waals surface area contributed by atoms with Crippen LogP contribution in [0.15, 0.2) is 16.6 Å². The number of aliphatic hydroxyl groups is 1. The second kappa shape index (κ2) is 5.41. The van der Waals surface area contributed by atoms with Crippen molar-refractivity contribution in [2.45, 2.75) is 20.0 Å². The number of benzene rings is 1. The molecular formula is C11H12BrFO3. The topological polar surface area (TPSA) is 46.5 Å². The van der Waals surface area contributed by atoms with Crippen molar-refractivity contribution in [3.8, 4) is 0 Å². The fourth-order valence-electron chi connectivity index (χ4n) is 1.22. The summed E-state index contributed by atoms with van der Waals surface area (Å²) in [6, 6.07) is 2.63. The fraction of sp³-hybridized carbons (Fsp3) is 0.364. The first kappa shape index (κ1) is 13.1. The van der Waals surface area contributed by atoms with Crippen molar-refractivity contribution in [1.82, 2.24) is 0 Å². The Morgan fingerprint density at radius 3 is 2.81 bits per heavy atom. The highest BCUT2D eigenvalue weighted by molar-refractivity contribution is 9.10. The number of carbonyl (C=O) groups is 1. The predicted octanol–water partition coefficient (Wildman–Crippen LogP) is 2.49. The SMILES string of the molecule is CCOC(=O)C(O)c1cc(Br)c(C)cc1F. The van der Waals surface area contributed by atoms with Gasteiger partial charge in [-0.05, 0) is 31.5 Å². The summed E-state index contributed by atoms with van der Waals surface area (Å²) in [7, 11) is 0. The third-order valence-corrected chi connectivity index (χ3v) is 2.94. The van der Waals surface area contributed by atoms with Gasteiger partial charge in [-0.1, -0.05) is 15.9 Å². The van der Waals surface area contributed by atoms with Gasteiger partial charge < -0.3 is 9.84 Å². The van der Waals surface area contributed by atoms with Gasteiger partial charge in [-0.15, -0.1) is 0 Å². The molecule has 1 N–H and O–H groups in total. The molecule has 0 aliphatic carbocycles. The quantitative estimate of drug-likeness (QED) is 0.870. The number of aryl methyl sites for hydroxylation is 1. The monoisotopic (exact) mass is 290 g/mol. The Morgan fingerprint density at radius 2 is 2.25 bits per heavy atom. The van der Waals surface area contributed by atoms with E-state index in [0.717, 1.165) is 0 Å². The van der Waals surface area contributed by atoms with E-state index in [1.54, 1.807) is 13.8 Å². The molecule has 16 heavy (non-hydrogen) atoms. The average molecular weight is 291 g/mol. The van der Waals surface area contributed by atoms with E-state index in [2.05, 4.69) is 20.7 Å². The van der Waals surface area contributed by atoms with Gasteiger partial charge in [0, 0.05) is 10.0 Å². The zero-order chi connectivity index (χ0) is 12.3. The van der Waals surface area contributed by atoms with Crippen LogP contribution in [0.3, 0.4) is 0 Å². The summed E-state index contributed by atoms with van der Waals surface area (Å²) in [5.74, 6) is -1.47. The van der Waals surface area contributed by atoms with E-state index in [9.17, 15) is 14.3 Å². The van der Waals surface area contributed by atoms with Crippen molar-refractivity contribution in [1.29, 1.82) is 0 Å². The summed E-state index contributed by atoms with van der Waals surface area (Å²) in [5, 5.41) is 9.58. The van der Waals surface area contributed by atoms with Crippen LogP contribution < -0.4 is 0 Å². The standard InChI is InChI=1S/C11H12BrFO3/c1-3-16-11(15)10(14)7-5-8(12)6(2)4-9(7)13/h4-5,10,14H,3H2,1-2H3. The van der Waals surface area contributed by atoms with Gasteiger partial charge >= 0.3 is 5.97 Å². The molecule has 0 aromatic heterocycles. The number of hydrogen-bond donors (Lipinski definition) is 1. The van der Waals surface area contributed by atoms with Crippen LogP contribution in [0.2, 0.25) is 0 Å². The van der Waals surface area contributed by atoms with Crippen LogP contribution in [0, 0.1) is 12.7 Å². The van der Waals surface area contributed by atoms with Crippen LogP contribution in [-0.4, -0.2) is 17.7 Å². The lowest BCUT2D eigenvalue weighted by Crippen LogP contribution is -2.16. The van der Waals surface area contributed by atoms with Crippen molar-refractivity contribution < 1.29 is 19.0 Å². The van der Waals surface area contributed by atoms with E-state index < -0.39 is 17.9 Å². The molecule has 1 atom stereocenters.